The molecule has 504 valence electrons. The zero-order valence-corrected chi connectivity index (χ0v) is 60.7. The Hall–Kier alpha value is -6.72. The Morgan fingerprint density at radius 1 is 0.417 bits per heavy atom. The van der Waals surface area contributed by atoms with Crippen molar-refractivity contribution in [3.05, 3.63) is 232 Å². The van der Waals surface area contributed by atoms with E-state index < -0.39 is 49.2 Å². The predicted molar refractivity (Wildman–Crippen MR) is 391 cm³/mol. The average Bonchev–Trinajstić information content (AvgIpc) is 1.63. The fourth-order valence-electron chi connectivity index (χ4n) is 11.6. The monoisotopic (exact) mass is 1430 g/mol. The van der Waals surface area contributed by atoms with Crippen LogP contribution >= 0.6 is 31.9 Å². The van der Waals surface area contributed by atoms with Gasteiger partial charge in [-0.1, -0.05) is 181 Å². The third-order valence-corrected chi connectivity index (χ3v) is 19.5. The summed E-state index contributed by atoms with van der Waals surface area (Å²) in [5.41, 5.74) is 6.20. The van der Waals surface area contributed by atoms with Crippen molar-refractivity contribution in [3.8, 4) is 45.6 Å². The van der Waals surface area contributed by atoms with Gasteiger partial charge in [0.05, 0.1) is 34.8 Å². The largest absolute Gasteiger partial charge is 0.497 e. The molecule has 12 rings (SSSR count). The molecule has 4 aliphatic rings. The molecule has 0 bridgehead atoms. The van der Waals surface area contributed by atoms with Crippen LogP contribution in [-0.4, -0.2) is 61.4 Å². The van der Waals surface area contributed by atoms with Gasteiger partial charge in [0.15, 0.2) is 12.6 Å². The molecule has 0 aromatic heterocycles. The highest BCUT2D eigenvalue weighted by molar-refractivity contribution is 9.11. The Morgan fingerprint density at radius 2 is 0.802 bits per heavy atom. The van der Waals surface area contributed by atoms with E-state index in [-0.39, 0.29) is 12.6 Å². The van der Waals surface area contributed by atoms with Crippen LogP contribution in [0.25, 0.3) is 11.1 Å². The van der Waals surface area contributed by atoms with Crippen molar-refractivity contribution in [1.82, 2.24) is 0 Å². The Balaban J connectivity index is 0.000000167. The maximum absolute atomic E-state index is 6.36. The van der Waals surface area contributed by atoms with Gasteiger partial charge in [-0.3, -0.25) is 0 Å². The molecule has 5 unspecified atom stereocenters. The van der Waals surface area contributed by atoms with Crippen molar-refractivity contribution in [2.24, 2.45) is 0 Å². The van der Waals surface area contributed by atoms with E-state index in [2.05, 4.69) is 76.9 Å². The summed E-state index contributed by atoms with van der Waals surface area (Å²) >= 11 is 6.92. The molecule has 96 heavy (non-hydrogen) atoms. The molecular weight excluding hydrogens is 1330 g/mol. The van der Waals surface area contributed by atoms with Crippen molar-refractivity contribution < 1.29 is 56.5 Å². The van der Waals surface area contributed by atoms with Crippen LogP contribution in [0, 0.1) is 20.8 Å². The highest BCUT2D eigenvalue weighted by Gasteiger charge is 2.57. The number of ether oxygens (including phenoxy) is 8. The lowest BCUT2D eigenvalue weighted by Gasteiger charge is -2.32. The quantitative estimate of drug-likeness (QED) is 0.0388. The van der Waals surface area contributed by atoms with Crippen LogP contribution in [-0.2, 0) is 28.1 Å². The third-order valence-electron chi connectivity index (χ3n) is 18.4. The summed E-state index contributed by atoms with van der Waals surface area (Å²) in [5, 5.41) is 0. The number of hydrogen-bond acceptors (Lipinski definition) is 12. The number of halogens is 2. The van der Waals surface area contributed by atoms with E-state index >= 15 is 0 Å². The fraction of sp³-hybridized carbons (Fsp3) is 0.388. The first-order valence-electron chi connectivity index (χ1n) is 33.8. The third kappa shape index (κ3) is 19.8. The minimum absolute atomic E-state index is 0.203. The van der Waals surface area contributed by atoms with Gasteiger partial charge < -0.3 is 56.5 Å². The van der Waals surface area contributed by atoms with Crippen molar-refractivity contribution in [2.75, 3.05) is 0 Å². The van der Waals surface area contributed by atoms with Gasteiger partial charge in [-0.2, -0.15) is 0 Å². The van der Waals surface area contributed by atoms with Crippen LogP contribution in [0.2, 0.25) is 0 Å². The molecule has 8 aromatic rings. The Bertz CT molecular complexity index is 3580. The maximum Gasteiger partial charge on any atom is 0.497 e. The van der Waals surface area contributed by atoms with Gasteiger partial charge in [-0.15, -0.1) is 0 Å². The maximum atomic E-state index is 6.36. The second kappa shape index (κ2) is 32.8. The molecule has 2 saturated carbocycles. The van der Waals surface area contributed by atoms with E-state index in [0.717, 1.165) is 90.8 Å². The summed E-state index contributed by atoms with van der Waals surface area (Å²) in [7, 11) is -0.913. The minimum atomic E-state index is -0.652. The lowest BCUT2D eigenvalue weighted by Crippen LogP contribution is -2.42. The lowest BCUT2D eigenvalue weighted by atomic mass is 9.79. The van der Waals surface area contributed by atoms with Crippen LogP contribution in [0.4, 0.5) is 0 Å². The lowest BCUT2D eigenvalue weighted by molar-refractivity contribution is -0.117. The van der Waals surface area contributed by atoms with E-state index in [1.54, 1.807) is 0 Å². The second-order valence-electron chi connectivity index (χ2n) is 27.1. The number of benzene rings is 8. The summed E-state index contributed by atoms with van der Waals surface area (Å²) in [6.07, 6.45) is 11.2. The second-order valence-corrected chi connectivity index (χ2v) is 28.8. The SMILES string of the molecule is CC(Oc1ccc(Br)cc1Br)OC1CCCCC1.Cc1ccc(OC(Oc2ccc(-c3cc(C)ccc3OC(C)OC3CCCCC3)cc2)c2ccccc2)cc1.[CH2+]C1(C)OB(c2ccc(OC(Oc3ccc(B4OC(C)(C)C(C)(C)O4)cc3)c3ccccc3)cc2)OC1(C)C. The number of rotatable bonds is 21. The highest BCUT2D eigenvalue weighted by Crippen LogP contribution is 2.40. The molecule has 0 spiro atoms. The Morgan fingerprint density at radius 3 is 1.23 bits per heavy atom. The minimum Gasteiger partial charge on any atom is -0.465 e. The summed E-state index contributed by atoms with van der Waals surface area (Å²) < 4.78 is 76.1. The molecule has 12 nitrogen and oxygen atoms in total. The predicted octanol–water partition coefficient (Wildman–Crippen LogP) is 19.7. The summed E-state index contributed by atoms with van der Waals surface area (Å²) in [6.45, 7) is 26.4. The Kier molecular flexibility index (Phi) is 24.6. The summed E-state index contributed by atoms with van der Waals surface area (Å²) in [6, 6.07) is 63.6. The molecule has 0 N–H and O–H groups in total. The molecule has 16 heteroatoms. The molecule has 8 aromatic carbocycles. The summed E-state index contributed by atoms with van der Waals surface area (Å²) in [4.78, 5) is 0. The Labute approximate surface area is 587 Å². The fourth-order valence-corrected chi connectivity index (χ4v) is 12.7. The van der Waals surface area contributed by atoms with Gasteiger partial charge in [-0.25, -0.2) is 0 Å². The smallest absolute Gasteiger partial charge is 0.465 e. The number of aryl methyl sites for hydroxylation is 2. The van der Waals surface area contributed by atoms with Gasteiger partial charge >= 0.3 is 14.2 Å². The van der Waals surface area contributed by atoms with Gasteiger partial charge in [0.1, 0.15) is 40.1 Å². The summed E-state index contributed by atoms with van der Waals surface area (Å²) in [5.74, 6) is 4.46. The van der Waals surface area contributed by atoms with Gasteiger partial charge in [0.2, 0.25) is 5.60 Å². The number of hydrogen-bond donors (Lipinski definition) is 0. The van der Waals surface area contributed by atoms with E-state index in [9.17, 15) is 0 Å². The van der Waals surface area contributed by atoms with Crippen molar-refractivity contribution in [1.29, 1.82) is 0 Å². The molecule has 0 amide bonds. The van der Waals surface area contributed by atoms with Crippen LogP contribution in [0.1, 0.15) is 161 Å². The van der Waals surface area contributed by atoms with Crippen molar-refractivity contribution in [2.45, 2.75) is 200 Å². The van der Waals surface area contributed by atoms with E-state index in [4.69, 9.17) is 56.5 Å². The highest BCUT2D eigenvalue weighted by atomic mass is 79.9. The van der Waals surface area contributed by atoms with Gasteiger partial charge in [0, 0.05) is 28.1 Å². The molecule has 5 atom stereocenters. The van der Waals surface area contributed by atoms with E-state index in [1.165, 1.54) is 49.7 Å². The standard InChI is InChI=1S/C35H38O4.C31H37B2O6.C14H18Br2O2/c1-25-14-19-31(20-15-25)38-35(29-10-6-4-7-11-29)39-32-21-17-28(18-22-32)33-24-26(2)16-23-34(33)37-27(3)36-30-12-8-5-9-13-30;1-28(2)29(3,4)37-32(36-28)23-14-18-25(19-15-23)34-27(22-12-10-9-11-13-22)35-26-20-16-24(17-21-26)33-38-30(5,6)31(7,8)39-33;1-10(17-12-5-3-2-4-6-12)18-14-8-7-11(15)9-13(14)16/h4,6-7,10-11,14-24,27,30,35H,5,8-9,12-13H2,1-3H3;9-21,27H,1H2,2-8H3;7-10,12H,2-6H2,1H3/q;+1;. The first-order chi connectivity index (χ1) is 45.9. The van der Waals surface area contributed by atoms with E-state index in [0.29, 0.717) is 23.7 Å². The van der Waals surface area contributed by atoms with Crippen molar-refractivity contribution >= 4 is 57.0 Å². The van der Waals surface area contributed by atoms with Gasteiger partial charge in [-0.05, 0) is 206 Å². The van der Waals surface area contributed by atoms with Gasteiger partial charge in [0.25, 0.3) is 12.6 Å². The zero-order valence-electron chi connectivity index (χ0n) is 57.5. The molecular formula is C80H93B2Br2O12+. The molecule has 2 saturated heterocycles. The van der Waals surface area contributed by atoms with E-state index in [1.807, 2.05) is 232 Å². The average molecular weight is 1430 g/mol. The van der Waals surface area contributed by atoms with Crippen LogP contribution in [0.3, 0.4) is 0 Å². The van der Waals surface area contributed by atoms with Crippen LogP contribution < -0.4 is 39.3 Å². The zero-order chi connectivity index (χ0) is 68.0. The van der Waals surface area contributed by atoms with Crippen LogP contribution in [0.5, 0.6) is 34.5 Å². The molecule has 2 aliphatic carbocycles. The normalized spacial score (nSPS) is 19.5. The molecule has 2 heterocycles. The van der Waals surface area contributed by atoms with Crippen LogP contribution in [0.15, 0.2) is 203 Å². The van der Waals surface area contributed by atoms with Crippen molar-refractivity contribution in [3.63, 3.8) is 0 Å². The molecule has 2 aliphatic heterocycles. The topological polar surface area (TPSA) is 111 Å². The molecule has 0 radical (unpaired) electrons. The first kappa shape index (κ1) is 72.0. The first-order valence-corrected chi connectivity index (χ1v) is 35.4. The molecule has 4 fully saturated rings.